The van der Waals surface area contributed by atoms with Crippen molar-refractivity contribution in [2.24, 2.45) is 5.41 Å². The Labute approximate surface area is 226 Å². The predicted molar refractivity (Wildman–Crippen MR) is 149 cm³/mol. The number of nitrogens with one attached hydrogen (secondary N) is 3. The molecule has 0 radical (unpaired) electrons. The molecule has 1 heterocycles. The summed E-state index contributed by atoms with van der Waals surface area (Å²) in [5, 5.41) is 9.48. The van der Waals surface area contributed by atoms with Crippen molar-refractivity contribution in [2.45, 2.75) is 90.5 Å². The highest BCUT2D eigenvalue weighted by Crippen LogP contribution is 2.31. The first-order valence-electron chi connectivity index (χ1n) is 13.9. The Kier molecular flexibility index (Phi) is 8.87. The Morgan fingerprint density at radius 1 is 0.974 bits per heavy atom. The Balaban J connectivity index is 1.41. The van der Waals surface area contributed by atoms with E-state index in [2.05, 4.69) is 28.1 Å². The smallest absolute Gasteiger partial charge is 0.246 e. The van der Waals surface area contributed by atoms with Crippen molar-refractivity contribution in [3.63, 3.8) is 0 Å². The number of carbonyl (C=O) groups is 3. The van der Waals surface area contributed by atoms with Crippen LogP contribution in [0.5, 0.6) is 0 Å². The molecule has 1 aliphatic carbocycles. The molecule has 3 N–H and O–H groups in total. The Morgan fingerprint density at radius 3 is 2.42 bits per heavy atom. The average Bonchev–Trinajstić information content (AvgIpc) is 3.40. The van der Waals surface area contributed by atoms with E-state index in [1.807, 2.05) is 63.2 Å². The second kappa shape index (κ2) is 12.1. The predicted octanol–water partition coefficient (Wildman–Crippen LogP) is 3.88. The molecule has 1 aliphatic heterocycles. The zero-order valence-electron chi connectivity index (χ0n) is 23.1. The van der Waals surface area contributed by atoms with E-state index < -0.39 is 23.5 Å². The Morgan fingerprint density at radius 2 is 1.68 bits per heavy atom. The lowest BCUT2D eigenvalue weighted by atomic mass is 9.85. The summed E-state index contributed by atoms with van der Waals surface area (Å²) in [6, 6.07) is 16.4. The molecule has 2 aromatic carbocycles. The van der Waals surface area contributed by atoms with Gasteiger partial charge in [-0.2, -0.15) is 0 Å². The van der Waals surface area contributed by atoms with Gasteiger partial charge in [0.1, 0.15) is 12.1 Å². The summed E-state index contributed by atoms with van der Waals surface area (Å²) >= 11 is 0. The number of amides is 3. The quantitative estimate of drug-likeness (QED) is 0.495. The summed E-state index contributed by atoms with van der Waals surface area (Å²) in [4.78, 5) is 42.1. The number of rotatable bonds is 8. The van der Waals surface area contributed by atoms with Crippen LogP contribution in [0.2, 0.25) is 0 Å². The van der Waals surface area contributed by atoms with Gasteiger partial charge in [0.2, 0.25) is 17.7 Å². The van der Waals surface area contributed by atoms with Gasteiger partial charge in [0.25, 0.3) is 0 Å². The van der Waals surface area contributed by atoms with Gasteiger partial charge in [-0.05, 0) is 61.1 Å². The van der Waals surface area contributed by atoms with Crippen LogP contribution in [0.15, 0.2) is 54.6 Å². The molecule has 1 saturated heterocycles. The monoisotopic (exact) mass is 518 g/mol. The van der Waals surface area contributed by atoms with Gasteiger partial charge in [-0.15, -0.1) is 0 Å². The maximum absolute atomic E-state index is 13.8. The van der Waals surface area contributed by atoms with Crippen LogP contribution in [0.3, 0.4) is 0 Å². The van der Waals surface area contributed by atoms with Gasteiger partial charge in [0, 0.05) is 13.1 Å². The Bertz CT molecular complexity index is 1130. The average molecular weight is 519 g/mol. The SMILES string of the molecule is C[C@H](NCc1ccccc1)C(=O)N[C@H](C(=O)N1CCC[C@H]1C(=O)N[C@@H]1CCCc2ccccc21)C(C)(C)C. The van der Waals surface area contributed by atoms with E-state index in [4.69, 9.17) is 0 Å². The number of carbonyl (C=O) groups excluding carboxylic acids is 3. The van der Waals surface area contributed by atoms with Gasteiger partial charge in [0.15, 0.2) is 0 Å². The minimum absolute atomic E-state index is 0.0281. The second-order valence-corrected chi connectivity index (χ2v) is 11.7. The third kappa shape index (κ3) is 6.62. The molecular formula is C31H42N4O3. The maximum Gasteiger partial charge on any atom is 0.246 e. The first-order chi connectivity index (χ1) is 18.1. The lowest BCUT2D eigenvalue weighted by molar-refractivity contribution is -0.144. The number of hydrogen-bond acceptors (Lipinski definition) is 4. The van der Waals surface area contributed by atoms with Gasteiger partial charge >= 0.3 is 0 Å². The third-order valence-electron chi connectivity index (χ3n) is 7.77. The van der Waals surface area contributed by atoms with Gasteiger partial charge in [-0.25, -0.2) is 0 Å². The molecule has 0 unspecified atom stereocenters. The van der Waals surface area contributed by atoms with Crippen molar-refractivity contribution in [3.05, 3.63) is 71.3 Å². The fourth-order valence-corrected chi connectivity index (χ4v) is 5.52. The van der Waals surface area contributed by atoms with Crippen LogP contribution in [-0.2, 0) is 27.3 Å². The van der Waals surface area contributed by atoms with Crippen molar-refractivity contribution < 1.29 is 14.4 Å². The number of hydrogen-bond donors (Lipinski definition) is 3. The fourth-order valence-electron chi connectivity index (χ4n) is 5.52. The van der Waals surface area contributed by atoms with E-state index in [9.17, 15) is 14.4 Å². The molecule has 38 heavy (non-hydrogen) atoms. The van der Waals surface area contributed by atoms with Crippen LogP contribution in [-0.4, -0.2) is 47.3 Å². The summed E-state index contributed by atoms with van der Waals surface area (Å²) in [6.45, 7) is 8.72. The van der Waals surface area contributed by atoms with Crippen LogP contribution in [0.4, 0.5) is 0 Å². The standard InChI is InChI=1S/C31H42N4O3/c1-21(32-20-22-12-6-5-7-13-22)28(36)34-27(31(2,3)4)30(38)35-19-11-18-26(35)29(37)33-25-17-10-15-23-14-8-9-16-24(23)25/h5-9,12-14,16,21,25-27,32H,10-11,15,17-20H2,1-4H3,(H,33,37)(H,34,36)/t21-,25+,26-,27+/m0/s1. The number of likely N-dealkylation sites (tertiary alicyclic amines) is 1. The van der Waals surface area contributed by atoms with Crippen LogP contribution < -0.4 is 16.0 Å². The lowest BCUT2D eigenvalue weighted by Crippen LogP contribution is -2.59. The topological polar surface area (TPSA) is 90.5 Å². The minimum Gasteiger partial charge on any atom is -0.347 e. The van der Waals surface area contributed by atoms with E-state index in [0.29, 0.717) is 19.5 Å². The van der Waals surface area contributed by atoms with Gasteiger partial charge in [0.05, 0.1) is 12.1 Å². The number of nitrogens with zero attached hydrogens (tertiary/aromatic N) is 1. The molecule has 4 atom stereocenters. The van der Waals surface area contributed by atoms with Gasteiger partial charge in [-0.1, -0.05) is 75.4 Å². The molecule has 2 aliphatic rings. The summed E-state index contributed by atoms with van der Waals surface area (Å²) in [5.74, 6) is -0.523. The first kappa shape index (κ1) is 27.8. The molecule has 0 saturated carbocycles. The minimum atomic E-state index is -0.736. The van der Waals surface area contributed by atoms with Gasteiger partial charge in [-0.3, -0.25) is 14.4 Å². The molecule has 7 nitrogen and oxygen atoms in total. The number of aryl methyl sites for hydroxylation is 1. The maximum atomic E-state index is 13.8. The zero-order chi connectivity index (χ0) is 27.3. The largest absolute Gasteiger partial charge is 0.347 e. The molecule has 1 fully saturated rings. The molecule has 204 valence electrons. The summed E-state index contributed by atoms with van der Waals surface area (Å²) in [6.07, 6.45) is 4.36. The fraction of sp³-hybridized carbons (Fsp3) is 0.516. The highest BCUT2D eigenvalue weighted by molar-refractivity contribution is 5.94. The molecule has 2 aromatic rings. The van der Waals surface area contributed by atoms with Crippen molar-refractivity contribution in [2.75, 3.05) is 6.54 Å². The van der Waals surface area contributed by atoms with Crippen molar-refractivity contribution in [1.82, 2.24) is 20.9 Å². The summed E-state index contributed by atoms with van der Waals surface area (Å²) in [7, 11) is 0. The summed E-state index contributed by atoms with van der Waals surface area (Å²) in [5.41, 5.74) is 3.04. The van der Waals surface area contributed by atoms with Gasteiger partial charge < -0.3 is 20.9 Å². The van der Waals surface area contributed by atoms with E-state index in [0.717, 1.165) is 31.2 Å². The molecule has 0 spiro atoms. The highest BCUT2D eigenvalue weighted by Gasteiger charge is 2.42. The lowest BCUT2D eigenvalue weighted by Gasteiger charge is -2.36. The molecule has 3 amide bonds. The molecule has 0 aromatic heterocycles. The van der Waals surface area contributed by atoms with Crippen LogP contribution in [0, 0.1) is 5.41 Å². The summed E-state index contributed by atoms with van der Waals surface area (Å²) < 4.78 is 0. The first-order valence-corrected chi connectivity index (χ1v) is 13.9. The van der Waals surface area contributed by atoms with Crippen molar-refractivity contribution >= 4 is 17.7 Å². The van der Waals surface area contributed by atoms with E-state index in [1.54, 1.807) is 11.8 Å². The number of benzene rings is 2. The van der Waals surface area contributed by atoms with E-state index in [1.165, 1.54) is 11.1 Å². The van der Waals surface area contributed by atoms with Crippen LogP contribution >= 0.6 is 0 Å². The van der Waals surface area contributed by atoms with E-state index >= 15 is 0 Å². The van der Waals surface area contributed by atoms with Crippen molar-refractivity contribution in [3.8, 4) is 0 Å². The zero-order valence-corrected chi connectivity index (χ0v) is 23.1. The van der Waals surface area contributed by atoms with Crippen LogP contribution in [0.25, 0.3) is 0 Å². The molecular weight excluding hydrogens is 476 g/mol. The highest BCUT2D eigenvalue weighted by atomic mass is 16.2. The van der Waals surface area contributed by atoms with Crippen molar-refractivity contribution in [1.29, 1.82) is 0 Å². The second-order valence-electron chi connectivity index (χ2n) is 11.7. The third-order valence-corrected chi connectivity index (χ3v) is 7.77. The molecule has 0 bridgehead atoms. The normalized spacial score (nSPS) is 20.8. The van der Waals surface area contributed by atoms with E-state index in [-0.39, 0.29) is 23.8 Å². The molecule has 4 rings (SSSR count). The number of fused-ring (bicyclic) bond motifs is 1. The Hall–Kier alpha value is -3.19. The van der Waals surface area contributed by atoms with Crippen LogP contribution in [0.1, 0.15) is 76.1 Å². The molecule has 7 heteroatoms.